The Hall–Kier alpha value is -0.200. The molecule has 0 rings (SSSR count). The molecule has 0 spiro atoms. The van der Waals surface area contributed by atoms with E-state index in [2.05, 4.69) is 0 Å². The van der Waals surface area contributed by atoms with Crippen molar-refractivity contribution in [2.45, 2.75) is 6.42 Å². The molecule has 0 aromatic rings. The molecule has 0 aliphatic carbocycles. The summed E-state index contributed by atoms with van der Waals surface area (Å²) in [6.07, 6.45) is 3.73. The van der Waals surface area contributed by atoms with Gasteiger partial charge in [-0.2, -0.15) is 5.26 Å². The molecular weight excluding hydrogens is 122 g/mol. The lowest BCUT2D eigenvalue weighted by molar-refractivity contribution is 0.600. The molecule has 0 heterocycles. The number of unbranched alkanes of at least 4 members (excludes halogenated alkanes) is 1. The van der Waals surface area contributed by atoms with Crippen molar-refractivity contribution in [3.05, 3.63) is 6.42 Å². The molecular formula is C5H8NOS. The summed E-state index contributed by atoms with van der Waals surface area (Å²) in [6, 6.07) is 1.86. The highest BCUT2D eigenvalue weighted by atomic mass is 32.2. The predicted molar refractivity (Wildman–Crippen MR) is 33.5 cm³/mol. The Morgan fingerprint density at radius 3 is 2.88 bits per heavy atom. The summed E-state index contributed by atoms with van der Waals surface area (Å²) in [4.78, 5) is 0. The first-order valence-electron chi connectivity index (χ1n) is 2.28. The minimum absolute atomic E-state index is 0.605. The van der Waals surface area contributed by atoms with Crippen molar-refractivity contribution >= 4 is 11.2 Å². The molecule has 0 aromatic carbocycles. The first-order chi connectivity index (χ1) is 3.77. The van der Waals surface area contributed by atoms with Crippen molar-refractivity contribution < 1.29 is 4.55 Å². The first kappa shape index (κ1) is 7.80. The van der Waals surface area contributed by atoms with E-state index in [9.17, 15) is 4.55 Å². The second kappa shape index (κ2) is 4.95. The van der Waals surface area contributed by atoms with E-state index in [4.69, 9.17) is 5.26 Å². The van der Waals surface area contributed by atoms with Gasteiger partial charge in [-0.3, -0.25) is 0 Å². The van der Waals surface area contributed by atoms with Gasteiger partial charge in [-0.15, -0.1) is 0 Å². The van der Waals surface area contributed by atoms with E-state index in [1.165, 1.54) is 6.42 Å². The van der Waals surface area contributed by atoms with Gasteiger partial charge in [0.1, 0.15) is 5.75 Å². The lowest BCUT2D eigenvalue weighted by Crippen LogP contribution is -2.01. The first-order valence-corrected chi connectivity index (χ1v) is 4.01. The molecule has 0 saturated carbocycles. The van der Waals surface area contributed by atoms with Crippen LogP contribution in [0.4, 0.5) is 0 Å². The summed E-state index contributed by atoms with van der Waals surface area (Å²) in [6.45, 7) is 0. The van der Waals surface area contributed by atoms with Crippen LogP contribution in [0.2, 0.25) is 0 Å². The summed E-state index contributed by atoms with van der Waals surface area (Å²) >= 11 is -0.749. The minimum atomic E-state index is -0.749. The lowest BCUT2D eigenvalue weighted by Gasteiger charge is -1.99. The van der Waals surface area contributed by atoms with Crippen molar-refractivity contribution in [3.8, 4) is 6.07 Å². The van der Waals surface area contributed by atoms with E-state index in [1.807, 2.05) is 6.07 Å². The summed E-state index contributed by atoms with van der Waals surface area (Å²) in [7, 11) is 0. The molecule has 3 heteroatoms. The Morgan fingerprint density at radius 2 is 2.50 bits per heavy atom. The lowest BCUT2D eigenvalue weighted by atomic mass is 10.4. The highest BCUT2D eigenvalue weighted by Gasteiger charge is 1.94. The smallest absolute Gasteiger partial charge is 0.106 e. The summed E-state index contributed by atoms with van der Waals surface area (Å²) in [5.74, 6) is 0.605. The number of hydrogen-bond donors (Lipinski definition) is 0. The van der Waals surface area contributed by atoms with Crippen molar-refractivity contribution in [1.82, 2.24) is 0 Å². The molecule has 0 amide bonds. The van der Waals surface area contributed by atoms with Crippen LogP contribution in [-0.4, -0.2) is 16.6 Å². The minimum Gasteiger partial charge on any atom is -0.617 e. The topological polar surface area (TPSA) is 46.8 Å². The highest BCUT2D eigenvalue weighted by Crippen LogP contribution is 1.90. The van der Waals surface area contributed by atoms with Gasteiger partial charge in [0.25, 0.3) is 0 Å². The van der Waals surface area contributed by atoms with E-state index in [0.717, 1.165) is 0 Å². The van der Waals surface area contributed by atoms with Crippen LogP contribution in [0.5, 0.6) is 0 Å². The largest absolute Gasteiger partial charge is 0.617 e. The van der Waals surface area contributed by atoms with Crippen LogP contribution in [0.1, 0.15) is 6.42 Å². The number of nitriles is 1. The SMILES string of the molecule is C[S+]([O-])CC[CH]C#N. The van der Waals surface area contributed by atoms with E-state index < -0.39 is 11.2 Å². The number of nitrogens with zero attached hydrogens (tertiary/aromatic N) is 1. The monoisotopic (exact) mass is 130 g/mol. The Bertz CT molecular complexity index is 86.9. The fraction of sp³-hybridized carbons (Fsp3) is 0.600. The van der Waals surface area contributed by atoms with E-state index in [1.54, 1.807) is 6.26 Å². The number of hydrogen-bond acceptors (Lipinski definition) is 2. The Morgan fingerprint density at radius 1 is 1.88 bits per heavy atom. The molecule has 1 unspecified atom stereocenters. The second-order valence-electron chi connectivity index (χ2n) is 1.40. The van der Waals surface area contributed by atoms with Crippen LogP contribution in [0.3, 0.4) is 0 Å². The second-order valence-corrected chi connectivity index (χ2v) is 2.95. The third kappa shape index (κ3) is 5.80. The molecule has 1 atom stereocenters. The molecule has 0 fully saturated rings. The molecule has 45 valence electrons. The summed E-state index contributed by atoms with van der Waals surface area (Å²) in [5, 5.41) is 7.97. The maximum atomic E-state index is 10.3. The molecule has 0 bridgehead atoms. The van der Waals surface area contributed by atoms with Crippen LogP contribution >= 0.6 is 0 Å². The molecule has 0 aliphatic rings. The highest BCUT2D eigenvalue weighted by molar-refractivity contribution is 7.90. The van der Waals surface area contributed by atoms with Crippen LogP contribution in [0.25, 0.3) is 0 Å². The van der Waals surface area contributed by atoms with Gasteiger partial charge in [0.2, 0.25) is 0 Å². The molecule has 0 saturated heterocycles. The van der Waals surface area contributed by atoms with Crippen molar-refractivity contribution in [3.63, 3.8) is 0 Å². The number of rotatable bonds is 3. The quantitative estimate of drug-likeness (QED) is 0.412. The van der Waals surface area contributed by atoms with Crippen LogP contribution < -0.4 is 0 Å². The zero-order chi connectivity index (χ0) is 6.41. The van der Waals surface area contributed by atoms with Crippen molar-refractivity contribution in [1.29, 1.82) is 5.26 Å². The van der Waals surface area contributed by atoms with Crippen LogP contribution in [0, 0.1) is 17.8 Å². The van der Waals surface area contributed by atoms with Gasteiger partial charge in [0, 0.05) is 6.42 Å². The van der Waals surface area contributed by atoms with E-state index >= 15 is 0 Å². The van der Waals surface area contributed by atoms with Crippen LogP contribution in [-0.2, 0) is 11.2 Å². The van der Waals surface area contributed by atoms with Gasteiger partial charge in [0.15, 0.2) is 0 Å². The predicted octanol–water partition coefficient (Wildman–Crippen LogP) is 0.483. The van der Waals surface area contributed by atoms with E-state index in [0.29, 0.717) is 12.2 Å². The molecule has 8 heavy (non-hydrogen) atoms. The van der Waals surface area contributed by atoms with Gasteiger partial charge in [-0.25, -0.2) is 0 Å². The fourth-order valence-corrected chi connectivity index (χ4v) is 0.739. The maximum Gasteiger partial charge on any atom is 0.106 e. The Balaban J connectivity index is 2.85. The van der Waals surface area contributed by atoms with Crippen LogP contribution in [0.15, 0.2) is 0 Å². The average molecular weight is 130 g/mol. The standard InChI is InChI=1S/C5H8NOS/c1-8(7)5-3-2-4-6/h2H,3,5H2,1H3. The molecule has 2 nitrogen and oxygen atoms in total. The molecule has 1 radical (unpaired) electrons. The summed E-state index contributed by atoms with van der Waals surface area (Å²) < 4.78 is 10.3. The van der Waals surface area contributed by atoms with Gasteiger partial charge in [-0.1, -0.05) is 11.2 Å². The fourth-order valence-electron chi connectivity index (χ4n) is 0.289. The normalized spacial score (nSPS) is 12.6. The Kier molecular flexibility index (Phi) is 4.82. The van der Waals surface area contributed by atoms with E-state index in [-0.39, 0.29) is 0 Å². The van der Waals surface area contributed by atoms with Crippen molar-refractivity contribution in [2.24, 2.45) is 0 Å². The summed E-state index contributed by atoms with van der Waals surface area (Å²) in [5.41, 5.74) is 0. The Labute approximate surface area is 52.7 Å². The average Bonchev–Trinajstić information content (AvgIpc) is 1.66. The van der Waals surface area contributed by atoms with Gasteiger partial charge >= 0.3 is 0 Å². The third-order valence-electron chi connectivity index (χ3n) is 0.641. The third-order valence-corrected chi connectivity index (χ3v) is 1.45. The van der Waals surface area contributed by atoms with Gasteiger partial charge in [0.05, 0.1) is 18.7 Å². The van der Waals surface area contributed by atoms with Gasteiger partial charge < -0.3 is 4.55 Å². The molecule has 0 aliphatic heterocycles. The maximum absolute atomic E-state index is 10.3. The molecule has 0 aromatic heterocycles. The zero-order valence-electron chi connectivity index (χ0n) is 4.76. The van der Waals surface area contributed by atoms with Gasteiger partial charge in [-0.05, 0) is 0 Å². The van der Waals surface area contributed by atoms with Crippen molar-refractivity contribution in [2.75, 3.05) is 12.0 Å². The zero-order valence-corrected chi connectivity index (χ0v) is 5.57. The molecule has 0 N–H and O–H groups in total.